The number of benzene rings is 2. The lowest BCUT2D eigenvalue weighted by atomic mass is 10.0. The lowest BCUT2D eigenvalue weighted by Gasteiger charge is -2.44. The third kappa shape index (κ3) is 5.07. The largest absolute Gasteiger partial charge is 0.495 e. The van der Waals surface area contributed by atoms with Crippen LogP contribution in [0.5, 0.6) is 5.75 Å². The molecule has 0 spiro atoms. The first-order valence-corrected chi connectivity index (χ1v) is 11.0. The number of nitrogens with zero attached hydrogens (tertiary/aromatic N) is 3. The first-order valence-electron chi connectivity index (χ1n) is 11.0. The third-order valence-corrected chi connectivity index (χ3v) is 6.24. The summed E-state index contributed by atoms with van der Waals surface area (Å²) < 4.78 is 20.1. The monoisotopic (exact) mass is 423 g/mol. The van der Waals surface area contributed by atoms with Crippen molar-refractivity contribution in [1.82, 2.24) is 9.80 Å². The SMILES string of the molecule is COc1ccccc1N1CCN(C2CCCN(C(=O)C(F)=Cc3ccccc3)C2)CC1. The zero-order chi connectivity index (χ0) is 21.6. The molecule has 1 unspecified atom stereocenters. The first-order chi connectivity index (χ1) is 15.2. The van der Waals surface area contributed by atoms with Crippen molar-refractivity contribution >= 4 is 17.7 Å². The third-order valence-electron chi connectivity index (χ3n) is 6.24. The van der Waals surface area contributed by atoms with Crippen LogP contribution in [0.3, 0.4) is 0 Å². The van der Waals surface area contributed by atoms with E-state index in [1.807, 2.05) is 36.4 Å². The number of hydrogen-bond acceptors (Lipinski definition) is 4. The lowest BCUT2D eigenvalue weighted by Crippen LogP contribution is -2.56. The number of piperazine rings is 1. The summed E-state index contributed by atoms with van der Waals surface area (Å²) in [7, 11) is 1.70. The molecule has 2 aromatic carbocycles. The Morgan fingerprint density at radius 3 is 2.45 bits per heavy atom. The van der Waals surface area contributed by atoms with Gasteiger partial charge in [0.2, 0.25) is 0 Å². The molecule has 2 saturated heterocycles. The van der Waals surface area contributed by atoms with Gasteiger partial charge < -0.3 is 14.5 Å². The minimum absolute atomic E-state index is 0.280. The van der Waals surface area contributed by atoms with Crippen molar-refractivity contribution in [2.24, 2.45) is 0 Å². The first kappa shape index (κ1) is 21.4. The van der Waals surface area contributed by atoms with Crippen LogP contribution in [-0.4, -0.2) is 68.1 Å². The molecule has 2 aliphatic heterocycles. The van der Waals surface area contributed by atoms with Gasteiger partial charge in [0.05, 0.1) is 12.8 Å². The smallest absolute Gasteiger partial charge is 0.282 e. The van der Waals surface area contributed by atoms with Crippen LogP contribution < -0.4 is 9.64 Å². The molecule has 0 bridgehead atoms. The highest BCUT2D eigenvalue weighted by Crippen LogP contribution is 2.29. The molecule has 6 heteroatoms. The topological polar surface area (TPSA) is 36.0 Å². The second-order valence-electron chi connectivity index (χ2n) is 8.15. The van der Waals surface area contributed by atoms with Crippen LogP contribution in [0, 0.1) is 0 Å². The van der Waals surface area contributed by atoms with Gasteiger partial charge in [0, 0.05) is 45.3 Å². The standard InChI is InChI=1S/C25H30FN3O2/c1-31-24-12-6-5-11-23(24)28-16-14-27(15-17-28)21-10-7-13-29(19-21)25(30)22(26)18-20-8-3-2-4-9-20/h2-6,8-9,11-12,18,21H,7,10,13-17,19H2,1H3. The summed E-state index contributed by atoms with van der Waals surface area (Å²) in [4.78, 5) is 19.2. The summed E-state index contributed by atoms with van der Waals surface area (Å²) in [6.07, 6.45) is 3.28. The van der Waals surface area contributed by atoms with Gasteiger partial charge in [-0.25, -0.2) is 4.39 Å². The Morgan fingerprint density at radius 1 is 1.00 bits per heavy atom. The highest BCUT2D eigenvalue weighted by atomic mass is 19.1. The van der Waals surface area contributed by atoms with Crippen LogP contribution in [0.15, 0.2) is 60.4 Å². The average molecular weight is 424 g/mol. The summed E-state index contributed by atoms with van der Waals surface area (Å²) in [6.45, 7) is 4.87. The molecule has 2 aromatic rings. The zero-order valence-electron chi connectivity index (χ0n) is 18.0. The molecule has 0 saturated carbocycles. The molecular weight excluding hydrogens is 393 g/mol. The van der Waals surface area contributed by atoms with Crippen LogP contribution in [0.4, 0.5) is 10.1 Å². The van der Waals surface area contributed by atoms with Gasteiger partial charge in [0.15, 0.2) is 5.83 Å². The number of ether oxygens (including phenoxy) is 1. The summed E-state index contributed by atoms with van der Waals surface area (Å²) >= 11 is 0. The fourth-order valence-corrected chi connectivity index (χ4v) is 4.56. The van der Waals surface area contributed by atoms with Gasteiger partial charge in [0.1, 0.15) is 5.75 Å². The molecule has 0 aliphatic carbocycles. The molecular formula is C25H30FN3O2. The number of methoxy groups -OCH3 is 1. The van der Waals surface area contributed by atoms with Gasteiger partial charge in [-0.3, -0.25) is 9.69 Å². The van der Waals surface area contributed by atoms with E-state index in [1.54, 1.807) is 24.1 Å². The molecule has 4 rings (SSSR count). The number of amides is 1. The predicted molar refractivity (Wildman–Crippen MR) is 122 cm³/mol. The number of carbonyl (C=O) groups excluding carboxylic acids is 1. The number of anilines is 1. The van der Waals surface area contributed by atoms with E-state index in [1.165, 1.54) is 6.08 Å². The Balaban J connectivity index is 1.35. The Labute approximate surface area is 183 Å². The minimum atomic E-state index is -0.687. The van der Waals surface area contributed by atoms with Crippen LogP contribution in [0.25, 0.3) is 6.08 Å². The Bertz CT molecular complexity index is 910. The van der Waals surface area contributed by atoms with Crippen molar-refractivity contribution in [2.75, 3.05) is 51.3 Å². The van der Waals surface area contributed by atoms with Crippen molar-refractivity contribution in [2.45, 2.75) is 18.9 Å². The van der Waals surface area contributed by atoms with E-state index in [-0.39, 0.29) is 6.04 Å². The second-order valence-corrected chi connectivity index (χ2v) is 8.15. The number of carbonyl (C=O) groups is 1. The summed E-state index contributed by atoms with van der Waals surface area (Å²) in [5, 5.41) is 0. The molecule has 5 nitrogen and oxygen atoms in total. The average Bonchev–Trinajstić information content (AvgIpc) is 2.84. The second kappa shape index (κ2) is 9.96. The van der Waals surface area contributed by atoms with Gasteiger partial charge in [-0.1, -0.05) is 42.5 Å². The number of para-hydroxylation sites is 2. The van der Waals surface area contributed by atoms with E-state index >= 15 is 0 Å². The highest BCUT2D eigenvalue weighted by molar-refractivity contribution is 5.95. The quantitative estimate of drug-likeness (QED) is 0.685. The zero-order valence-corrected chi connectivity index (χ0v) is 18.0. The molecule has 0 aromatic heterocycles. The molecule has 0 radical (unpaired) electrons. The Kier molecular flexibility index (Phi) is 6.87. The normalized spacial score (nSPS) is 20.6. The Morgan fingerprint density at radius 2 is 1.71 bits per heavy atom. The lowest BCUT2D eigenvalue weighted by molar-refractivity contribution is -0.130. The van der Waals surface area contributed by atoms with Crippen molar-refractivity contribution < 1.29 is 13.9 Å². The molecule has 1 atom stereocenters. The van der Waals surface area contributed by atoms with E-state index in [2.05, 4.69) is 15.9 Å². The number of halogens is 1. The van der Waals surface area contributed by atoms with Crippen molar-refractivity contribution in [3.63, 3.8) is 0 Å². The minimum Gasteiger partial charge on any atom is -0.495 e. The van der Waals surface area contributed by atoms with Gasteiger partial charge in [-0.2, -0.15) is 0 Å². The van der Waals surface area contributed by atoms with Gasteiger partial charge in [-0.15, -0.1) is 0 Å². The maximum atomic E-state index is 14.6. The fraction of sp³-hybridized carbons (Fsp3) is 0.400. The van der Waals surface area contributed by atoms with Crippen molar-refractivity contribution in [3.8, 4) is 5.75 Å². The van der Waals surface area contributed by atoms with E-state index in [9.17, 15) is 9.18 Å². The van der Waals surface area contributed by atoms with Gasteiger partial charge in [0.25, 0.3) is 5.91 Å². The number of hydrogen-bond donors (Lipinski definition) is 0. The van der Waals surface area contributed by atoms with Crippen molar-refractivity contribution in [1.29, 1.82) is 0 Å². The summed E-state index contributed by atoms with van der Waals surface area (Å²) in [6, 6.07) is 17.5. The van der Waals surface area contributed by atoms with E-state index in [4.69, 9.17) is 4.74 Å². The highest BCUT2D eigenvalue weighted by Gasteiger charge is 2.31. The van der Waals surface area contributed by atoms with Gasteiger partial charge in [-0.05, 0) is 36.6 Å². The van der Waals surface area contributed by atoms with E-state index in [0.717, 1.165) is 50.5 Å². The fourth-order valence-electron chi connectivity index (χ4n) is 4.56. The van der Waals surface area contributed by atoms with Crippen LogP contribution in [0.2, 0.25) is 0 Å². The molecule has 2 fully saturated rings. The van der Waals surface area contributed by atoms with E-state index < -0.39 is 11.7 Å². The van der Waals surface area contributed by atoms with Gasteiger partial charge >= 0.3 is 0 Å². The van der Waals surface area contributed by atoms with Crippen molar-refractivity contribution in [3.05, 3.63) is 66.0 Å². The predicted octanol–water partition coefficient (Wildman–Crippen LogP) is 3.82. The summed E-state index contributed by atoms with van der Waals surface area (Å²) in [5.74, 6) is -0.292. The molecule has 2 aliphatic rings. The maximum Gasteiger partial charge on any atom is 0.282 e. The molecule has 1 amide bonds. The molecule has 2 heterocycles. The van der Waals surface area contributed by atoms with Crippen LogP contribution in [-0.2, 0) is 4.79 Å². The molecule has 0 N–H and O–H groups in total. The number of likely N-dealkylation sites (tertiary alicyclic amines) is 1. The van der Waals surface area contributed by atoms with E-state index in [0.29, 0.717) is 18.7 Å². The van der Waals surface area contributed by atoms with Crippen LogP contribution >= 0.6 is 0 Å². The summed E-state index contributed by atoms with van der Waals surface area (Å²) in [5.41, 5.74) is 1.83. The number of rotatable bonds is 5. The molecule has 164 valence electrons. The van der Waals surface area contributed by atoms with Crippen LogP contribution in [0.1, 0.15) is 18.4 Å². The maximum absolute atomic E-state index is 14.6. The number of piperidine rings is 1. The molecule has 31 heavy (non-hydrogen) atoms. The Hall–Kier alpha value is -2.86.